The molecule has 0 radical (unpaired) electrons. The van der Waals surface area contributed by atoms with Crippen LogP contribution in [0.5, 0.6) is 5.75 Å². The van der Waals surface area contributed by atoms with Crippen LogP contribution in [0, 0.1) is 0 Å². The number of nitrogens with zero attached hydrogens (tertiary/aromatic N) is 5. The molecule has 2 aromatic carbocycles. The van der Waals surface area contributed by atoms with Crippen molar-refractivity contribution in [1.82, 2.24) is 19.9 Å². The number of likely N-dealkylation sites (N-methyl/N-ethyl adjacent to an activating group) is 1. The van der Waals surface area contributed by atoms with Crippen LogP contribution in [-0.2, 0) is 0 Å². The predicted molar refractivity (Wildman–Crippen MR) is 137 cm³/mol. The molecule has 0 fully saturated rings. The Morgan fingerprint density at radius 1 is 0.970 bits per heavy atom. The SMILES string of the molecule is CCOc1cccc2sc(N(CCN(CC)CC)C(=O)c3cnc4ccccc4n3)nc12.Cl. The number of benzene rings is 2. The highest BCUT2D eigenvalue weighted by Gasteiger charge is 2.24. The number of para-hydroxylation sites is 3. The van der Waals surface area contributed by atoms with Crippen LogP contribution in [0.2, 0.25) is 0 Å². The lowest BCUT2D eigenvalue weighted by molar-refractivity contribution is 0.0979. The number of ether oxygens (including phenoxy) is 1. The number of fused-ring (bicyclic) bond motifs is 2. The van der Waals surface area contributed by atoms with E-state index in [1.807, 2.05) is 49.4 Å². The lowest BCUT2D eigenvalue weighted by Gasteiger charge is -2.24. The van der Waals surface area contributed by atoms with Gasteiger partial charge in [-0.05, 0) is 44.3 Å². The average molecular weight is 486 g/mol. The summed E-state index contributed by atoms with van der Waals surface area (Å²) in [5.74, 6) is 0.529. The summed E-state index contributed by atoms with van der Waals surface area (Å²) in [6, 6.07) is 13.4. The summed E-state index contributed by atoms with van der Waals surface area (Å²) >= 11 is 1.49. The smallest absolute Gasteiger partial charge is 0.280 e. The molecule has 7 nitrogen and oxygen atoms in total. The van der Waals surface area contributed by atoms with E-state index in [1.165, 1.54) is 11.3 Å². The zero-order valence-electron chi connectivity index (χ0n) is 19.0. The van der Waals surface area contributed by atoms with Crippen molar-refractivity contribution in [3.05, 3.63) is 54.4 Å². The second kappa shape index (κ2) is 11.4. The van der Waals surface area contributed by atoms with Gasteiger partial charge in [0, 0.05) is 13.1 Å². The summed E-state index contributed by atoms with van der Waals surface area (Å²) in [6.07, 6.45) is 1.55. The molecule has 4 rings (SSSR count). The van der Waals surface area contributed by atoms with Crippen molar-refractivity contribution < 1.29 is 9.53 Å². The molecule has 2 heterocycles. The molecule has 9 heteroatoms. The highest BCUT2D eigenvalue weighted by Crippen LogP contribution is 2.34. The molecule has 0 saturated heterocycles. The van der Waals surface area contributed by atoms with Gasteiger partial charge in [0.1, 0.15) is 17.0 Å². The van der Waals surface area contributed by atoms with E-state index >= 15 is 0 Å². The molecule has 4 aromatic rings. The maximum atomic E-state index is 13.6. The summed E-state index contributed by atoms with van der Waals surface area (Å²) in [5.41, 5.74) is 2.55. The van der Waals surface area contributed by atoms with Gasteiger partial charge in [0.15, 0.2) is 5.13 Å². The molecular formula is C24H28ClN5O2S. The Balaban J connectivity index is 0.00000306. The molecular weight excluding hydrogens is 458 g/mol. The average Bonchev–Trinajstić information content (AvgIpc) is 3.26. The maximum Gasteiger partial charge on any atom is 0.280 e. The Labute approximate surface area is 203 Å². The van der Waals surface area contributed by atoms with E-state index in [1.54, 1.807) is 11.1 Å². The molecule has 2 aromatic heterocycles. The maximum absolute atomic E-state index is 13.6. The fraction of sp³-hybridized carbons (Fsp3) is 0.333. The van der Waals surface area contributed by atoms with Crippen LogP contribution in [0.4, 0.5) is 5.13 Å². The van der Waals surface area contributed by atoms with Crippen LogP contribution < -0.4 is 9.64 Å². The van der Waals surface area contributed by atoms with Crippen molar-refractivity contribution >= 4 is 56.0 Å². The number of halogens is 1. The van der Waals surface area contributed by atoms with E-state index in [2.05, 4.69) is 28.7 Å². The number of thiazole rings is 1. The molecule has 0 aliphatic rings. The second-order valence-electron chi connectivity index (χ2n) is 7.26. The van der Waals surface area contributed by atoms with Gasteiger partial charge < -0.3 is 9.64 Å². The van der Waals surface area contributed by atoms with Gasteiger partial charge in [-0.2, -0.15) is 0 Å². The van der Waals surface area contributed by atoms with Crippen LogP contribution in [0.15, 0.2) is 48.7 Å². The van der Waals surface area contributed by atoms with Gasteiger partial charge in [-0.25, -0.2) is 9.97 Å². The van der Waals surface area contributed by atoms with Gasteiger partial charge in [-0.3, -0.25) is 14.7 Å². The molecule has 0 aliphatic carbocycles. The summed E-state index contributed by atoms with van der Waals surface area (Å²) in [4.78, 5) is 31.4. The van der Waals surface area contributed by atoms with Crippen LogP contribution in [0.1, 0.15) is 31.3 Å². The first-order valence-corrected chi connectivity index (χ1v) is 11.7. The van der Waals surface area contributed by atoms with Crippen molar-refractivity contribution in [1.29, 1.82) is 0 Å². The third kappa shape index (κ3) is 5.40. The zero-order chi connectivity index (χ0) is 22.5. The van der Waals surface area contributed by atoms with E-state index < -0.39 is 0 Å². The first-order valence-electron chi connectivity index (χ1n) is 10.9. The van der Waals surface area contributed by atoms with Crippen molar-refractivity contribution in [2.75, 3.05) is 37.7 Å². The minimum absolute atomic E-state index is 0. The highest BCUT2D eigenvalue weighted by atomic mass is 35.5. The lowest BCUT2D eigenvalue weighted by atomic mass is 10.3. The standard InChI is InChI=1S/C24H27N5O2S.ClH/c1-4-28(5-2)14-15-29(23(30)19-16-25-17-10-7-8-11-18(17)26-19)24-27-22-20(31-6-3)12-9-13-21(22)32-24;/h7-13,16H,4-6,14-15H2,1-3H3;1H. The largest absolute Gasteiger partial charge is 0.492 e. The number of carbonyl (C=O) groups is 1. The van der Waals surface area contributed by atoms with Crippen molar-refractivity contribution in [2.45, 2.75) is 20.8 Å². The fourth-order valence-corrected chi connectivity index (χ4v) is 4.57. The first kappa shape index (κ1) is 24.8. The van der Waals surface area contributed by atoms with Crippen LogP contribution >= 0.6 is 23.7 Å². The molecule has 33 heavy (non-hydrogen) atoms. The molecule has 0 saturated carbocycles. The third-order valence-electron chi connectivity index (χ3n) is 5.35. The topological polar surface area (TPSA) is 71.5 Å². The molecule has 0 bridgehead atoms. The van der Waals surface area contributed by atoms with Gasteiger partial charge in [-0.1, -0.05) is 43.4 Å². The van der Waals surface area contributed by atoms with Crippen LogP contribution in [0.3, 0.4) is 0 Å². The fourth-order valence-electron chi connectivity index (χ4n) is 3.56. The number of amides is 1. The number of hydrogen-bond acceptors (Lipinski definition) is 7. The Hall–Kier alpha value is -2.81. The van der Waals surface area contributed by atoms with Gasteiger partial charge in [-0.15, -0.1) is 12.4 Å². The Bertz CT molecular complexity index is 1230. The van der Waals surface area contributed by atoms with Crippen LogP contribution in [0.25, 0.3) is 21.3 Å². The summed E-state index contributed by atoms with van der Waals surface area (Å²) in [7, 11) is 0. The summed E-state index contributed by atoms with van der Waals surface area (Å²) < 4.78 is 6.73. The molecule has 1 amide bonds. The Kier molecular flexibility index (Phi) is 8.55. The van der Waals surface area contributed by atoms with E-state index in [-0.39, 0.29) is 18.3 Å². The van der Waals surface area contributed by atoms with Crippen molar-refractivity contribution in [2.24, 2.45) is 0 Å². The van der Waals surface area contributed by atoms with E-state index in [0.717, 1.165) is 41.1 Å². The predicted octanol–water partition coefficient (Wildman–Crippen LogP) is 5.05. The summed E-state index contributed by atoms with van der Waals surface area (Å²) in [6.45, 7) is 9.85. The van der Waals surface area contributed by atoms with Gasteiger partial charge in [0.25, 0.3) is 5.91 Å². The zero-order valence-corrected chi connectivity index (χ0v) is 20.7. The third-order valence-corrected chi connectivity index (χ3v) is 6.39. The van der Waals surface area contributed by atoms with Crippen LogP contribution in [-0.4, -0.2) is 58.5 Å². The molecule has 0 aliphatic heterocycles. The normalized spacial score (nSPS) is 11.0. The van der Waals surface area contributed by atoms with Gasteiger partial charge in [0.2, 0.25) is 0 Å². The Morgan fingerprint density at radius 3 is 2.45 bits per heavy atom. The van der Waals surface area contributed by atoms with E-state index in [9.17, 15) is 4.79 Å². The number of hydrogen-bond donors (Lipinski definition) is 0. The second-order valence-corrected chi connectivity index (χ2v) is 8.27. The van der Waals surface area contributed by atoms with E-state index in [0.29, 0.717) is 29.5 Å². The number of aromatic nitrogens is 3. The van der Waals surface area contributed by atoms with Crippen molar-refractivity contribution in [3.63, 3.8) is 0 Å². The number of anilines is 1. The summed E-state index contributed by atoms with van der Waals surface area (Å²) in [5, 5.41) is 0.638. The van der Waals surface area contributed by atoms with Gasteiger partial charge >= 0.3 is 0 Å². The molecule has 0 N–H and O–H groups in total. The van der Waals surface area contributed by atoms with Crippen molar-refractivity contribution in [3.8, 4) is 5.75 Å². The number of carbonyl (C=O) groups excluding carboxylic acids is 1. The minimum atomic E-state index is -0.201. The van der Waals surface area contributed by atoms with E-state index in [4.69, 9.17) is 9.72 Å². The molecule has 174 valence electrons. The first-order chi connectivity index (χ1) is 15.6. The molecule has 0 unspecified atom stereocenters. The Morgan fingerprint density at radius 2 is 1.73 bits per heavy atom. The monoisotopic (exact) mass is 485 g/mol. The number of rotatable bonds is 9. The minimum Gasteiger partial charge on any atom is -0.492 e. The lowest BCUT2D eigenvalue weighted by Crippen LogP contribution is -2.39. The van der Waals surface area contributed by atoms with Gasteiger partial charge in [0.05, 0.1) is 28.5 Å². The highest BCUT2D eigenvalue weighted by molar-refractivity contribution is 7.22. The quantitative estimate of drug-likeness (QED) is 0.330. The molecule has 0 spiro atoms. The molecule has 0 atom stereocenters.